The van der Waals surface area contributed by atoms with Crippen LogP contribution in [-0.4, -0.2) is 52.3 Å². The van der Waals surface area contributed by atoms with Crippen LogP contribution < -0.4 is 20.9 Å². The summed E-state index contributed by atoms with van der Waals surface area (Å²) in [7, 11) is 0. The van der Waals surface area contributed by atoms with Gasteiger partial charge in [-0.1, -0.05) is 13.2 Å². The molecule has 3 aromatic rings. The predicted molar refractivity (Wildman–Crippen MR) is 143 cm³/mol. The Hall–Kier alpha value is -3.79. The first kappa shape index (κ1) is 24.9. The Morgan fingerprint density at radius 1 is 1.11 bits per heavy atom. The fourth-order valence-electron chi connectivity index (χ4n) is 4.85. The van der Waals surface area contributed by atoms with E-state index in [9.17, 15) is 8.78 Å². The standard InChI is InChI=1S/C27H32F2N8/c1-18(22-12-21(13-31-14-22)11-20-5-8-30-9-6-20)35-24-16-33-36-26(24)19(2)34-23-3-4-25(32-15-23)37-10-7-27(28,29)17-37/h3-4,12-16,20,30,34-35H,1-2,5-11,17H2,(H,33,36). The van der Waals surface area contributed by atoms with Crippen molar-refractivity contribution in [2.45, 2.75) is 31.6 Å². The van der Waals surface area contributed by atoms with E-state index in [1.165, 1.54) is 18.4 Å². The highest BCUT2D eigenvalue weighted by atomic mass is 19.3. The van der Waals surface area contributed by atoms with Crippen molar-refractivity contribution < 1.29 is 8.78 Å². The van der Waals surface area contributed by atoms with Gasteiger partial charge in [0.25, 0.3) is 5.92 Å². The zero-order valence-corrected chi connectivity index (χ0v) is 20.7. The fraction of sp³-hybridized carbons (Fsp3) is 0.370. The lowest BCUT2D eigenvalue weighted by Crippen LogP contribution is -2.28. The summed E-state index contributed by atoms with van der Waals surface area (Å²) >= 11 is 0. The van der Waals surface area contributed by atoms with Crippen molar-refractivity contribution in [1.82, 2.24) is 25.5 Å². The van der Waals surface area contributed by atoms with Gasteiger partial charge in [0.05, 0.1) is 29.8 Å². The van der Waals surface area contributed by atoms with E-state index in [1.807, 2.05) is 6.20 Å². The van der Waals surface area contributed by atoms with Crippen molar-refractivity contribution in [3.63, 3.8) is 0 Å². The summed E-state index contributed by atoms with van der Waals surface area (Å²) < 4.78 is 27.0. The van der Waals surface area contributed by atoms with E-state index in [0.717, 1.165) is 30.8 Å². The van der Waals surface area contributed by atoms with Gasteiger partial charge in [0.15, 0.2) is 0 Å². The van der Waals surface area contributed by atoms with Gasteiger partial charge in [-0.3, -0.25) is 10.1 Å². The molecule has 5 rings (SSSR count). The molecule has 2 fully saturated rings. The summed E-state index contributed by atoms with van der Waals surface area (Å²) in [6.45, 7) is 10.5. The molecule has 0 saturated carbocycles. The van der Waals surface area contributed by atoms with Gasteiger partial charge in [-0.2, -0.15) is 5.10 Å². The highest BCUT2D eigenvalue weighted by Gasteiger charge is 2.38. The number of nitrogens with one attached hydrogen (secondary N) is 4. The molecule has 0 radical (unpaired) electrons. The number of alkyl halides is 2. The average molecular weight is 507 g/mol. The number of anilines is 3. The molecular formula is C27H32F2N8. The van der Waals surface area contributed by atoms with Gasteiger partial charge in [-0.25, -0.2) is 13.8 Å². The normalized spacial score (nSPS) is 17.5. The number of hydrogen-bond donors (Lipinski definition) is 4. The van der Waals surface area contributed by atoms with Gasteiger partial charge >= 0.3 is 0 Å². The molecule has 8 nitrogen and oxygen atoms in total. The van der Waals surface area contributed by atoms with Gasteiger partial charge in [0.1, 0.15) is 11.5 Å². The van der Waals surface area contributed by atoms with Crippen LogP contribution in [0, 0.1) is 5.92 Å². The van der Waals surface area contributed by atoms with Gasteiger partial charge in [0, 0.05) is 42.8 Å². The molecule has 2 saturated heterocycles. The second-order valence-electron chi connectivity index (χ2n) is 9.77. The number of pyridine rings is 2. The predicted octanol–water partition coefficient (Wildman–Crippen LogP) is 4.75. The first-order valence-electron chi connectivity index (χ1n) is 12.6. The third-order valence-corrected chi connectivity index (χ3v) is 6.87. The van der Waals surface area contributed by atoms with E-state index in [1.54, 1.807) is 35.6 Å². The molecular weight excluding hydrogens is 474 g/mol. The van der Waals surface area contributed by atoms with Crippen LogP contribution in [-0.2, 0) is 6.42 Å². The Morgan fingerprint density at radius 3 is 2.68 bits per heavy atom. The van der Waals surface area contributed by atoms with Crippen LogP contribution in [0.3, 0.4) is 0 Å². The van der Waals surface area contributed by atoms with Crippen LogP contribution in [0.5, 0.6) is 0 Å². The average Bonchev–Trinajstić information content (AvgIpc) is 3.51. The molecule has 3 aromatic heterocycles. The van der Waals surface area contributed by atoms with Crippen molar-refractivity contribution in [3.8, 4) is 0 Å². The molecule has 2 aliphatic heterocycles. The Morgan fingerprint density at radius 2 is 1.95 bits per heavy atom. The summed E-state index contributed by atoms with van der Waals surface area (Å²) in [6, 6.07) is 5.66. The topological polar surface area (TPSA) is 93.8 Å². The molecule has 10 heteroatoms. The summed E-state index contributed by atoms with van der Waals surface area (Å²) in [5.74, 6) is -1.46. The van der Waals surface area contributed by atoms with Gasteiger partial charge in [0.2, 0.25) is 0 Å². The van der Waals surface area contributed by atoms with E-state index < -0.39 is 5.92 Å². The van der Waals surface area contributed by atoms with Gasteiger partial charge in [-0.05, 0) is 62.0 Å². The highest BCUT2D eigenvalue weighted by Crippen LogP contribution is 2.31. The van der Waals surface area contributed by atoms with E-state index in [4.69, 9.17) is 0 Å². The third kappa shape index (κ3) is 6.14. The van der Waals surface area contributed by atoms with Crippen LogP contribution in [0.4, 0.5) is 26.0 Å². The number of hydrogen-bond acceptors (Lipinski definition) is 7. The second kappa shape index (κ2) is 10.7. The molecule has 0 spiro atoms. The second-order valence-corrected chi connectivity index (χ2v) is 9.77. The highest BCUT2D eigenvalue weighted by molar-refractivity contribution is 5.84. The van der Waals surface area contributed by atoms with Crippen LogP contribution >= 0.6 is 0 Å². The lowest BCUT2D eigenvalue weighted by atomic mass is 9.91. The molecule has 0 bridgehead atoms. The Bertz CT molecular complexity index is 1250. The van der Waals surface area contributed by atoms with E-state index >= 15 is 0 Å². The Kier molecular flexibility index (Phi) is 7.18. The lowest BCUT2D eigenvalue weighted by molar-refractivity contribution is 0.0256. The fourth-order valence-corrected chi connectivity index (χ4v) is 4.85. The molecule has 0 amide bonds. The SMILES string of the molecule is C=C(Nc1c[nH]nc1C(=C)Nc1ccc(N2CCC(F)(F)C2)nc1)c1cncc(CC2CCNCC2)c1. The van der Waals surface area contributed by atoms with Crippen LogP contribution in [0.15, 0.2) is 56.1 Å². The minimum absolute atomic E-state index is 0.149. The van der Waals surface area contributed by atoms with E-state index in [-0.39, 0.29) is 13.0 Å². The van der Waals surface area contributed by atoms with Crippen LogP contribution in [0.2, 0.25) is 0 Å². The monoisotopic (exact) mass is 506 g/mol. The third-order valence-electron chi connectivity index (χ3n) is 6.87. The van der Waals surface area contributed by atoms with Gasteiger partial charge < -0.3 is 20.9 Å². The summed E-state index contributed by atoms with van der Waals surface area (Å²) in [4.78, 5) is 10.4. The van der Waals surface area contributed by atoms with Crippen LogP contribution in [0.25, 0.3) is 11.4 Å². The maximum Gasteiger partial charge on any atom is 0.266 e. The number of rotatable bonds is 9. The minimum atomic E-state index is -2.66. The van der Waals surface area contributed by atoms with Crippen molar-refractivity contribution >= 4 is 28.6 Å². The molecule has 0 aromatic carbocycles. The number of aromatic amines is 1. The quantitative estimate of drug-likeness (QED) is 0.333. The lowest BCUT2D eigenvalue weighted by Gasteiger charge is -2.22. The van der Waals surface area contributed by atoms with Crippen molar-refractivity contribution in [2.24, 2.45) is 5.92 Å². The maximum absolute atomic E-state index is 13.5. The van der Waals surface area contributed by atoms with Crippen molar-refractivity contribution in [3.05, 3.63) is 73.0 Å². The summed E-state index contributed by atoms with van der Waals surface area (Å²) in [5, 5.41) is 17.1. The maximum atomic E-state index is 13.5. The smallest absolute Gasteiger partial charge is 0.266 e. The number of nitrogens with zero attached hydrogens (tertiary/aromatic N) is 4. The van der Waals surface area contributed by atoms with E-state index in [0.29, 0.717) is 41.1 Å². The molecule has 4 N–H and O–H groups in total. The molecule has 0 aliphatic carbocycles. The van der Waals surface area contributed by atoms with Gasteiger partial charge in [-0.15, -0.1) is 0 Å². The minimum Gasteiger partial charge on any atom is -0.353 e. The molecule has 37 heavy (non-hydrogen) atoms. The molecule has 194 valence electrons. The van der Waals surface area contributed by atoms with E-state index in [2.05, 4.69) is 55.3 Å². The molecule has 0 atom stereocenters. The zero-order chi connectivity index (χ0) is 25.8. The molecule has 0 unspecified atom stereocenters. The largest absolute Gasteiger partial charge is 0.353 e. The van der Waals surface area contributed by atoms with Crippen molar-refractivity contribution in [1.29, 1.82) is 0 Å². The number of H-pyrrole nitrogens is 1. The number of halogens is 2. The number of aromatic nitrogens is 4. The first-order chi connectivity index (χ1) is 17.9. The number of piperidine rings is 1. The Balaban J connectivity index is 1.20. The van der Waals surface area contributed by atoms with Crippen molar-refractivity contribution in [2.75, 3.05) is 41.7 Å². The molecule has 5 heterocycles. The Labute approximate surface area is 215 Å². The summed E-state index contributed by atoms with van der Waals surface area (Å²) in [5.41, 5.74) is 5.39. The van der Waals surface area contributed by atoms with Crippen LogP contribution in [0.1, 0.15) is 36.1 Å². The molecule has 2 aliphatic rings. The zero-order valence-electron chi connectivity index (χ0n) is 20.7. The summed E-state index contributed by atoms with van der Waals surface area (Å²) in [6.07, 6.45) is 10.3. The first-order valence-corrected chi connectivity index (χ1v) is 12.6.